The van der Waals surface area contributed by atoms with Gasteiger partial charge in [-0.25, -0.2) is 23.1 Å². The Balaban J connectivity index is 1.31. The van der Waals surface area contributed by atoms with E-state index in [1.165, 1.54) is 24.2 Å². The first-order valence-electron chi connectivity index (χ1n) is 13.8. The maximum Gasteiger partial charge on any atom is 0.240 e. The largest absolute Gasteiger partial charge is 0.481 e. The number of aromatic nitrogens is 2. The average Bonchev–Trinajstić information content (AvgIpc) is 3.71. The number of carbonyl (C=O) groups excluding carboxylic acids is 1. The molecule has 0 bridgehead atoms. The van der Waals surface area contributed by atoms with Crippen LogP contribution in [0.4, 0.5) is 5.13 Å². The zero-order valence-electron chi connectivity index (χ0n) is 22.6. The van der Waals surface area contributed by atoms with Gasteiger partial charge in [0, 0.05) is 18.7 Å². The Morgan fingerprint density at radius 2 is 1.87 bits per heavy atom. The Morgan fingerprint density at radius 3 is 2.59 bits per heavy atom. The molecule has 1 saturated heterocycles. The first-order chi connectivity index (χ1) is 18.9. The van der Waals surface area contributed by atoms with Crippen molar-refractivity contribution in [3.8, 4) is 5.88 Å². The fourth-order valence-corrected chi connectivity index (χ4v) is 7.75. The Morgan fingerprint density at radius 1 is 1.10 bits per heavy atom. The summed E-state index contributed by atoms with van der Waals surface area (Å²) in [6.45, 7) is 4.46. The predicted octanol–water partition coefficient (Wildman–Crippen LogP) is 4.77. The molecule has 2 aromatic heterocycles. The van der Waals surface area contributed by atoms with Gasteiger partial charge in [0.2, 0.25) is 21.8 Å². The molecule has 1 aliphatic heterocycles. The van der Waals surface area contributed by atoms with Gasteiger partial charge in [0.15, 0.2) is 5.13 Å². The van der Waals surface area contributed by atoms with Gasteiger partial charge >= 0.3 is 0 Å². The highest BCUT2D eigenvalue weighted by molar-refractivity contribution is 7.89. The van der Waals surface area contributed by atoms with Crippen LogP contribution in [0.2, 0.25) is 0 Å². The summed E-state index contributed by atoms with van der Waals surface area (Å²) in [5.74, 6) is 0.435. The van der Waals surface area contributed by atoms with Crippen LogP contribution in [0.5, 0.6) is 5.88 Å². The molecule has 2 atom stereocenters. The van der Waals surface area contributed by atoms with Crippen molar-refractivity contribution in [2.75, 3.05) is 32.1 Å². The second kappa shape index (κ2) is 12.3. The summed E-state index contributed by atoms with van der Waals surface area (Å²) in [7, 11) is -2.07. The summed E-state index contributed by atoms with van der Waals surface area (Å²) in [4.78, 5) is 25.7. The molecule has 9 nitrogen and oxygen atoms in total. The molecule has 11 heteroatoms. The second-order valence-electron chi connectivity index (χ2n) is 10.5. The fraction of sp³-hybridized carbons (Fsp3) is 0.536. The number of rotatable bonds is 11. The number of thiazole rings is 1. The highest BCUT2D eigenvalue weighted by atomic mass is 32.2. The zero-order valence-corrected chi connectivity index (χ0v) is 24.2. The van der Waals surface area contributed by atoms with Gasteiger partial charge in [0.25, 0.3) is 0 Å². The number of likely N-dealkylation sites (tertiary alicyclic amines) is 1. The minimum Gasteiger partial charge on any atom is -0.481 e. The standard InChI is InChI=1S/C28H37N5O4S2/c1-3-33-16-6-9-21(33)18-29-39(35,36)22-12-10-20(11-13-22)23(17-19-7-4-5-8-19)26(34)32-28-30-24-14-15-25(37-2)31-27(24)38-28/h10-15,19,21,23,29H,3-9,16-18H2,1-2H3,(H,30,32,34). The number of pyridine rings is 1. The lowest BCUT2D eigenvalue weighted by molar-refractivity contribution is -0.118. The molecular formula is C28H37N5O4S2. The second-order valence-corrected chi connectivity index (χ2v) is 13.2. The molecule has 1 aliphatic carbocycles. The molecule has 2 aliphatic rings. The van der Waals surface area contributed by atoms with E-state index in [0.717, 1.165) is 50.8 Å². The van der Waals surface area contributed by atoms with Gasteiger partial charge in [-0.05, 0) is 62.0 Å². The van der Waals surface area contributed by atoms with Gasteiger partial charge in [-0.1, -0.05) is 56.1 Å². The first-order valence-corrected chi connectivity index (χ1v) is 16.1. The van der Waals surface area contributed by atoms with E-state index in [1.54, 1.807) is 37.4 Å². The molecule has 5 rings (SSSR count). The lowest BCUT2D eigenvalue weighted by atomic mass is 9.87. The molecule has 210 valence electrons. The molecule has 1 amide bonds. The van der Waals surface area contributed by atoms with Gasteiger partial charge in [0.05, 0.1) is 17.9 Å². The Kier molecular flexibility index (Phi) is 8.80. The van der Waals surface area contributed by atoms with Crippen molar-refractivity contribution in [2.24, 2.45) is 5.92 Å². The van der Waals surface area contributed by atoms with E-state index < -0.39 is 15.9 Å². The number of nitrogens with zero attached hydrogens (tertiary/aromatic N) is 3. The van der Waals surface area contributed by atoms with Gasteiger partial charge in [0.1, 0.15) is 10.3 Å². The fourth-order valence-electron chi connectivity index (χ4n) is 5.84. The summed E-state index contributed by atoms with van der Waals surface area (Å²) < 4.78 is 34.0. The minimum absolute atomic E-state index is 0.137. The SMILES string of the molecule is CCN1CCCC1CNS(=O)(=O)c1ccc(C(CC2CCCC2)C(=O)Nc2nc3ccc(OC)nc3s2)cc1. The number of nitrogens with one attached hydrogen (secondary N) is 2. The number of hydrogen-bond donors (Lipinski definition) is 2. The Bertz CT molecular complexity index is 1390. The lowest BCUT2D eigenvalue weighted by Crippen LogP contribution is -2.39. The van der Waals surface area contributed by atoms with Crippen LogP contribution < -0.4 is 14.8 Å². The molecule has 2 N–H and O–H groups in total. The number of amides is 1. The molecule has 3 heterocycles. The van der Waals surface area contributed by atoms with Gasteiger partial charge < -0.3 is 10.1 Å². The molecule has 2 fully saturated rings. The third-order valence-corrected chi connectivity index (χ3v) is 10.4. The monoisotopic (exact) mass is 571 g/mol. The van der Waals surface area contributed by atoms with Crippen molar-refractivity contribution < 1.29 is 17.9 Å². The molecular weight excluding hydrogens is 534 g/mol. The number of hydrogen-bond acceptors (Lipinski definition) is 8. The van der Waals surface area contributed by atoms with Crippen molar-refractivity contribution in [2.45, 2.75) is 68.7 Å². The van der Waals surface area contributed by atoms with Crippen LogP contribution >= 0.6 is 11.3 Å². The van der Waals surface area contributed by atoms with E-state index >= 15 is 0 Å². The maximum absolute atomic E-state index is 13.6. The van der Waals surface area contributed by atoms with E-state index in [0.29, 0.717) is 33.8 Å². The summed E-state index contributed by atoms with van der Waals surface area (Å²) in [6, 6.07) is 10.6. The number of likely N-dealkylation sites (N-methyl/N-ethyl adjacent to an activating group) is 1. The Labute approximate surface area is 234 Å². The summed E-state index contributed by atoms with van der Waals surface area (Å²) in [6.07, 6.45) is 7.42. The van der Waals surface area contributed by atoms with E-state index in [9.17, 15) is 13.2 Å². The maximum atomic E-state index is 13.6. The molecule has 3 aromatic rings. The molecule has 1 saturated carbocycles. The first kappa shape index (κ1) is 27.9. The van der Waals surface area contributed by atoms with Gasteiger partial charge in [-0.2, -0.15) is 0 Å². The molecule has 2 unspecified atom stereocenters. The number of methoxy groups -OCH3 is 1. The van der Waals surface area contributed by atoms with Crippen LogP contribution in [0, 0.1) is 5.92 Å². The topological polar surface area (TPSA) is 114 Å². The van der Waals surface area contributed by atoms with Gasteiger partial charge in [-0.3, -0.25) is 9.69 Å². The van der Waals surface area contributed by atoms with Crippen molar-refractivity contribution in [3.05, 3.63) is 42.0 Å². The van der Waals surface area contributed by atoms with E-state index in [-0.39, 0.29) is 16.8 Å². The summed E-state index contributed by atoms with van der Waals surface area (Å²) in [5.41, 5.74) is 1.51. The van der Waals surface area contributed by atoms with Crippen LogP contribution in [0.1, 0.15) is 63.4 Å². The van der Waals surface area contributed by atoms with Crippen LogP contribution in [0.3, 0.4) is 0 Å². The van der Waals surface area contributed by atoms with E-state index in [1.807, 2.05) is 6.07 Å². The van der Waals surface area contributed by atoms with Crippen molar-refractivity contribution >= 4 is 42.7 Å². The molecule has 0 spiro atoms. The number of benzene rings is 1. The van der Waals surface area contributed by atoms with E-state index in [2.05, 4.69) is 31.8 Å². The molecule has 0 radical (unpaired) electrons. The Hall–Kier alpha value is -2.60. The van der Waals surface area contributed by atoms with E-state index in [4.69, 9.17) is 4.74 Å². The number of anilines is 1. The van der Waals surface area contributed by atoms with Crippen molar-refractivity contribution in [3.63, 3.8) is 0 Å². The predicted molar refractivity (Wildman–Crippen MR) is 154 cm³/mol. The minimum atomic E-state index is -3.64. The average molecular weight is 572 g/mol. The lowest BCUT2D eigenvalue weighted by Gasteiger charge is -2.23. The quantitative estimate of drug-likeness (QED) is 0.341. The third-order valence-electron chi connectivity index (χ3n) is 8.04. The number of carbonyl (C=O) groups is 1. The highest BCUT2D eigenvalue weighted by Gasteiger charge is 2.29. The molecule has 1 aromatic carbocycles. The summed E-state index contributed by atoms with van der Waals surface area (Å²) in [5, 5.41) is 3.49. The molecule has 39 heavy (non-hydrogen) atoms. The van der Waals surface area contributed by atoms with Crippen molar-refractivity contribution in [1.29, 1.82) is 0 Å². The number of fused-ring (bicyclic) bond motifs is 1. The van der Waals surface area contributed by atoms with Crippen LogP contribution in [-0.4, -0.2) is 62.0 Å². The van der Waals surface area contributed by atoms with Gasteiger partial charge in [-0.15, -0.1) is 0 Å². The summed E-state index contributed by atoms with van der Waals surface area (Å²) >= 11 is 1.31. The zero-order chi connectivity index (χ0) is 27.4. The van der Waals surface area contributed by atoms with Crippen molar-refractivity contribution in [1.82, 2.24) is 19.6 Å². The third kappa shape index (κ3) is 6.59. The normalized spacial score (nSPS) is 19.5. The number of sulfonamides is 1. The van der Waals surface area contributed by atoms with Crippen LogP contribution in [-0.2, 0) is 14.8 Å². The number of ether oxygens (including phenoxy) is 1. The van der Waals surface area contributed by atoms with Crippen LogP contribution in [0.25, 0.3) is 10.3 Å². The smallest absolute Gasteiger partial charge is 0.240 e. The highest BCUT2D eigenvalue weighted by Crippen LogP contribution is 2.36. The van der Waals surface area contributed by atoms with Crippen LogP contribution in [0.15, 0.2) is 41.3 Å².